The first-order chi connectivity index (χ1) is 17.1. The average molecular weight is 503 g/mol. The largest absolute Gasteiger partial charge is 0.481 e. The van der Waals surface area contributed by atoms with Crippen LogP contribution in [0, 0.1) is 0 Å². The Morgan fingerprint density at radius 3 is 2.14 bits per heavy atom. The van der Waals surface area contributed by atoms with Gasteiger partial charge < -0.3 is 25.6 Å². The normalized spacial score (nSPS) is 11.9. The number of amides is 3. The number of ketones is 1. The molecule has 2 unspecified atom stereocenters. The van der Waals surface area contributed by atoms with Gasteiger partial charge in [0.25, 0.3) is 11.8 Å². The molecule has 0 aliphatic carbocycles. The van der Waals surface area contributed by atoms with E-state index in [1.807, 2.05) is 5.32 Å². The van der Waals surface area contributed by atoms with Crippen LogP contribution in [-0.4, -0.2) is 64.6 Å². The van der Waals surface area contributed by atoms with Crippen molar-refractivity contribution in [3.05, 3.63) is 65.7 Å². The molecule has 190 valence electrons. The third-order valence-electron chi connectivity index (χ3n) is 4.62. The summed E-state index contributed by atoms with van der Waals surface area (Å²) in [7, 11) is 0. The van der Waals surface area contributed by atoms with E-state index in [-0.39, 0.29) is 17.9 Å². The van der Waals surface area contributed by atoms with Crippen molar-refractivity contribution in [1.82, 2.24) is 10.6 Å². The molecule has 0 fully saturated rings. The van der Waals surface area contributed by atoms with Gasteiger partial charge in [-0.15, -0.1) is 0 Å². The molecule has 0 bridgehead atoms. The van der Waals surface area contributed by atoms with Crippen LogP contribution >= 0.6 is 0 Å². The lowest BCUT2D eigenvalue weighted by Gasteiger charge is -2.18. The van der Waals surface area contributed by atoms with Gasteiger partial charge >= 0.3 is 18.0 Å². The molecule has 2 aromatic carbocycles. The van der Waals surface area contributed by atoms with E-state index < -0.39 is 60.8 Å². The number of halogens is 1. The highest BCUT2D eigenvalue weighted by atomic mass is 19.1. The lowest BCUT2D eigenvalue weighted by molar-refractivity contribution is -0.142. The standard InChI is InChI=1S/C23H22FN3O9/c24-11-17(28)16(10-18(29)30)26-20(31)14-8-4-5-9-15(14)25-21(32)19(22(33)34)27-23(35)36-12-13-6-2-1-3-7-13/h1-9,16,19H,10-12H2,(H,25,32)(H,26,31)(H,27,35)(H,29,30)(H,33,34). The first-order valence-corrected chi connectivity index (χ1v) is 10.3. The summed E-state index contributed by atoms with van der Waals surface area (Å²) in [5.41, 5.74) is 0.132. The number of carbonyl (C=O) groups excluding carboxylic acids is 4. The lowest BCUT2D eigenvalue weighted by atomic mass is 10.1. The van der Waals surface area contributed by atoms with Crippen molar-refractivity contribution >= 4 is 41.3 Å². The molecule has 36 heavy (non-hydrogen) atoms. The van der Waals surface area contributed by atoms with Crippen LogP contribution in [-0.2, 0) is 30.5 Å². The predicted octanol–water partition coefficient (Wildman–Crippen LogP) is 1.12. The zero-order valence-corrected chi connectivity index (χ0v) is 18.6. The topological polar surface area (TPSA) is 188 Å². The minimum absolute atomic E-state index is 0.182. The van der Waals surface area contributed by atoms with E-state index >= 15 is 0 Å². The smallest absolute Gasteiger partial charge is 0.408 e. The van der Waals surface area contributed by atoms with E-state index in [2.05, 4.69) is 10.6 Å². The predicted molar refractivity (Wildman–Crippen MR) is 121 cm³/mol. The molecule has 0 aliphatic heterocycles. The summed E-state index contributed by atoms with van der Waals surface area (Å²) >= 11 is 0. The molecule has 3 amide bonds. The molecule has 0 heterocycles. The molecule has 0 aliphatic rings. The number of alkyl carbamates (subject to hydrolysis) is 1. The Morgan fingerprint density at radius 2 is 1.53 bits per heavy atom. The molecule has 2 aromatic rings. The molecule has 2 rings (SSSR count). The van der Waals surface area contributed by atoms with Crippen LogP contribution in [0.25, 0.3) is 0 Å². The second-order valence-electron chi connectivity index (χ2n) is 7.24. The van der Waals surface area contributed by atoms with Crippen LogP contribution in [0.15, 0.2) is 54.6 Å². The van der Waals surface area contributed by atoms with E-state index in [1.165, 1.54) is 24.3 Å². The number of hydrogen-bond acceptors (Lipinski definition) is 7. The number of rotatable bonds is 12. The number of carbonyl (C=O) groups is 6. The van der Waals surface area contributed by atoms with Gasteiger partial charge in [0.2, 0.25) is 6.04 Å². The van der Waals surface area contributed by atoms with Crippen molar-refractivity contribution < 1.29 is 48.1 Å². The summed E-state index contributed by atoms with van der Waals surface area (Å²) in [5, 5.41) is 24.4. The molecular weight excluding hydrogens is 481 g/mol. The van der Waals surface area contributed by atoms with Crippen LogP contribution < -0.4 is 16.0 Å². The molecule has 0 saturated carbocycles. The zero-order chi connectivity index (χ0) is 26.7. The fraction of sp³-hybridized carbons (Fsp3) is 0.217. The van der Waals surface area contributed by atoms with Gasteiger partial charge in [-0.3, -0.25) is 24.5 Å². The number of ether oxygens (including phenoxy) is 1. The first-order valence-electron chi connectivity index (χ1n) is 10.3. The van der Waals surface area contributed by atoms with Crippen molar-refractivity contribution in [1.29, 1.82) is 0 Å². The quantitative estimate of drug-likeness (QED) is 0.264. The number of aliphatic carboxylic acids is 2. The Kier molecular flexibility index (Phi) is 10.0. The van der Waals surface area contributed by atoms with Gasteiger partial charge in [0.05, 0.1) is 17.7 Å². The summed E-state index contributed by atoms with van der Waals surface area (Å²) in [6.07, 6.45) is -2.06. The van der Waals surface area contributed by atoms with Crippen molar-refractivity contribution in [3.63, 3.8) is 0 Å². The average Bonchev–Trinajstić information content (AvgIpc) is 2.85. The van der Waals surface area contributed by atoms with Crippen LogP contribution in [0.3, 0.4) is 0 Å². The molecular formula is C23H22FN3O9. The van der Waals surface area contributed by atoms with Crippen molar-refractivity contribution in [2.75, 3.05) is 12.0 Å². The Labute approximate surface area is 203 Å². The lowest BCUT2D eigenvalue weighted by Crippen LogP contribution is -2.49. The second-order valence-corrected chi connectivity index (χ2v) is 7.24. The van der Waals surface area contributed by atoms with E-state index in [4.69, 9.17) is 9.84 Å². The van der Waals surface area contributed by atoms with Crippen LogP contribution in [0.5, 0.6) is 0 Å². The van der Waals surface area contributed by atoms with E-state index in [0.29, 0.717) is 5.56 Å². The highest BCUT2D eigenvalue weighted by molar-refractivity contribution is 6.12. The number of Topliss-reactive ketones (excluding diaryl/α,β-unsaturated/α-hetero) is 1. The maximum Gasteiger partial charge on any atom is 0.408 e. The summed E-state index contributed by atoms with van der Waals surface area (Å²) < 4.78 is 17.7. The minimum atomic E-state index is -2.10. The second kappa shape index (κ2) is 13.2. The minimum Gasteiger partial charge on any atom is -0.481 e. The Balaban J connectivity index is 2.11. The van der Waals surface area contributed by atoms with Gasteiger partial charge in [0, 0.05) is 0 Å². The van der Waals surface area contributed by atoms with Gasteiger partial charge in [-0.05, 0) is 17.7 Å². The molecule has 0 radical (unpaired) electrons. The van der Waals surface area contributed by atoms with Crippen molar-refractivity contribution in [2.45, 2.75) is 25.1 Å². The molecule has 5 N–H and O–H groups in total. The van der Waals surface area contributed by atoms with Crippen LogP contribution in [0.2, 0.25) is 0 Å². The first kappa shape index (κ1) is 27.4. The zero-order valence-electron chi connectivity index (χ0n) is 18.6. The van der Waals surface area contributed by atoms with Gasteiger partial charge in [-0.2, -0.15) is 0 Å². The number of benzene rings is 2. The molecule has 12 nitrogen and oxygen atoms in total. The van der Waals surface area contributed by atoms with Crippen LogP contribution in [0.1, 0.15) is 22.3 Å². The third-order valence-corrected chi connectivity index (χ3v) is 4.62. The van der Waals surface area contributed by atoms with Gasteiger partial charge in [-0.25, -0.2) is 14.0 Å². The highest BCUT2D eigenvalue weighted by Gasteiger charge is 2.30. The van der Waals surface area contributed by atoms with Crippen molar-refractivity contribution in [3.8, 4) is 0 Å². The van der Waals surface area contributed by atoms with Gasteiger partial charge in [-0.1, -0.05) is 42.5 Å². The Morgan fingerprint density at radius 1 is 0.889 bits per heavy atom. The monoisotopic (exact) mass is 503 g/mol. The van der Waals surface area contributed by atoms with E-state index in [0.717, 1.165) is 0 Å². The van der Waals surface area contributed by atoms with E-state index in [1.54, 1.807) is 30.3 Å². The summed E-state index contributed by atoms with van der Waals surface area (Å²) in [6, 6.07) is 9.91. The van der Waals surface area contributed by atoms with Gasteiger partial charge in [0.1, 0.15) is 19.3 Å². The number of alkyl halides is 1. The molecule has 2 atom stereocenters. The fourth-order valence-electron chi connectivity index (χ4n) is 2.87. The Bertz CT molecular complexity index is 1140. The maximum atomic E-state index is 12.8. The summed E-state index contributed by atoms with van der Waals surface area (Å²) in [6.45, 7) is -1.69. The van der Waals surface area contributed by atoms with Crippen molar-refractivity contribution in [2.24, 2.45) is 0 Å². The highest BCUT2D eigenvalue weighted by Crippen LogP contribution is 2.16. The molecule has 13 heteroatoms. The van der Waals surface area contributed by atoms with E-state index in [9.17, 15) is 38.3 Å². The fourth-order valence-corrected chi connectivity index (χ4v) is 2.87. The Hall–Kier alpha value is -4.81. The summed E-state index contributed by atoms with van der Waals surface area (Å²) in [5.74, 6) is -6.61. The number of carboxylic acids is 2. The summed E-state index contributed by atoms with van der Waals surface area (Å²) in [4.78, 5) is 71.4. The number of hydrogen-bond donors (Lipinski definition) is 5. The maximum absolute atomic E-state index is 12.8. The molecule has 0 aromatic heterocycles. The number of nitrogens with one attached hydrogen (secondary N) is 3. The number of carboxylic acid groups (broad SMARTS) is 2. The number of anilines is 1. The molecule has 0 spiro atoms. The molecule has 0 saturated heterocycles. The third kappa shape index (κ3) is 8.20. The number of para-hydroxylation sites is 1. The SMILES string of the molecule is O=C(O)CC(NC(=O)c1ccccc1NC(=O)C(NC(=O)OCc1ccccc1)C(=O)O)C(=O)CF. The van der Waals surface area contributed by atoms with Gasteiger partial charge in [0.15, 0.2) is 5.78 Å². The van der Waals surface area contributed by atoms with Crippen LogP contribution in [0.4, 0.5) is 14.9 Å².